The van der Waals surface area contributed by atoms with Crippen molar-refractivity contribution >= 4 is 17.6 Å². The number of nitrogens with zero attached hydrogens (tertiary/aromatic N) is 2. The van der Waals surface area contributed by atoms with Crippen LogP contribution in [-0.4, -0.2) is 65.7 Å². The van der Waals surface area contributed by atoms with E-state index in [1.54, 1.807) is 12.1 Å². The van der Waals surface area contributed by atoms with Gasteiger partial charge in [0.25, 0.3) is 0 Å². The predicted octanol–water partition coefficient (Wildman–Crippen LogP) is 5.89. The molecule has 2 heterocycles. The Hall–Kier alpha value is -2.12. The van der Waals surface area contributed by atoms with Crippen molar-refractivity contribution in [2.45, 2.75) is 109 Å². The number of hydrogen-bond acceptors (Lipinski definition) is 5. The number of halogens is 1. The molecule has 38 heavy (non-hydrogen) atoms. The third-order valence-electron chi connectivity index (χ3n) is 8.37. The molecule has 1 N–H and O–H groups in total. The summed E-state index contributed by atoms with van der Waals surface area (Å²) in [5, 5.41) is 2.78. The molecule has 3 rings (SSSR count). The van der Waals surface area contributed by atoms with Crippen LogP contribution in [0.4, 0.5) is 4.39 Å². The maximum atomic E-state index is 13.6. The fourth-order valence-electron chi connectivity index (χ4n) is 5.95. The largest absolute Gasteiger partial charge is 0.303 e. The second-order valence-corrected chi connectivity index (χ2v) is 11.2. The van der Waals surface area contributed by atoms with Crippen molar-refractivity contribution in [3.05, 3.63) is 35.6 Å². The quantitative estimate of drug-likeness (QED) is 0.227. The normalized spacial score (nSPS) is 18.3. The number of carbonyl (C=O) groups is 3. The molecular weight excluding hydrogens is 481 g/mol. The Kier molecular flexibility index (Phi) is 12.9. The molecule has 2 saturated heterocycles. The zero-order chi connectivity index (χ0) is 27.2. The minimum Gasteiger partial charge on any atom is -0.303 e. The highest BCUT2D eigenvalue weighted by Gasteiger charge is 2.46. The van der Waals surface area contributed by atoms with E-state index in [-0.39, 0.29) is 23.4 Å². The molecule has 0 bridgehead atoms. The van der Waals surface area contributed by atoms with E-state index in [2.05, 4.69) is 22.0 Å². The van der Waals surface area contributed by atoms with Gasteiger partial charge in [-0.15, -0.1) is 0 Å². The number of rotatable bonds is 15. The maximum absolute atomic E-state index is 13.6. The van der Waals surface area contributed by atoms with E-state index in [0.29, 0.717) is 31.2 Å². The van der Waals surface area contributed by atoms with Crippen LogP contribution < -0.4 is 5.32 Å². The van der Waals surface area contributed by atoms with E-state index < -0.39 is 5.54 Å². The molecule has 2 aliphatic heterocycles. The number of imide groups is 1. The number of nitrogens with one attached hydrogen (secondary N) is 1. The zero-order valence-electron chi connectivity index (χ0n) is 23.4. The molecular formula is C31H48FN3O3. The smallest absolute Gasteiger partial charge is 0.247 e. The highest BCUT2D eigenvalue weighted by Crippen LogP contribution is 2.32. The summed E-state index contributed by atoms with van der Waals surface area (Å²) in [6.45, 7) is 6.38. The molecule has 0 radical (unpaired) electrons. The number of piperidine rings is 2. The molecule has 2 fully saturated rings. The SMILES string of the molecule is CCCCCCCCCC(=O)NC(=O)C1(N2CCCCC2)CCN(CCCC(=O)c2ccc(F)cc2)CC1. The summed E-state index contributed by atoms with van der Waals surface area (Å²) in [7, 11) is 0. The van der Waals surface area contributed by atoms with E-state index in [4.69, 9.17) is 0 Å². The van der Waals surface area contributed by atoms with Crippen molar-refractivity contribution in [1.82, 2.24) is 15.1 Å². The molecule has 1 aromatic carbocycles. The van der Waals surface area contributed by atoms with Gasteiger partial charge < -0.3 is 4.90 Å². The average molecular weight is 530 g/mol. The molecule has 1 aromatic rings. The van der Waals surface area contributed by atoms with Crippen molar-refractivity contribution < 1.29 is 18.8 Å². The Labute approximate surface area is 228 Å². The first-order chi connectivity index (χ1) is 18.4. The minimum absolute atomic E-state index is 0.0310. The number of ketones is 1. The minimum atomic E-state index is -0.614. The summed E-state index contributed by atoms with van der Waals surface area (Å²) >= 11 is 0. The fraction of sp³-hybridized carbons (Fsp3) is 0.710. The van der Waals surface area contributed by atoms with Gasteiger partial charge in [-0.05, 0) is 82.4 Å². The van der Waals surface area contributed by atoms with Crippen molar-refractivity contribution in [2.75, 3.05) is 32.7 Å². The Morgan fingerprint density at radius 3 is 2.11 bits per heavy atom. The Morgan fingerprint density at radius 2 is 1.45 bits per heavy atom. The van der Waals surface area contributed by atoms with Crippen LogP contribution in [-0.2, 0) is 9.59 Å². The van der Waals surface area contributed by atoms with Crippen LogP contribution in [0.5, 0.6) is 0 Å². The van der Waals surface area contributed by atoms with E-state index in [9.17, 15) is 18.8 Å². The van der Waals surface area contributed by atoms with Gasteiger partial charge in [-0.25, -0.2) is 4.39 Å². The van der Waals surface area contributed by atoms with Crippen LogP contribution in [0.15, 0.2) is 24.3 Å². The van der Waals surface area contributed by atoms with Gasteiger partial charge in [0, 0.05) is 31.5 Å². The number of carbonyl (C=O) groups excluding carboxylic acids is 3. The Morgan fingerprint density at radius 1 is 0.816 bits per heavy atom. The summed E-state index contributed by atoms with van der Waals surface area (Å²) in [6.07, 6.45) is 14.4. The van der Waals surface area contributed by atoms with Crippen LogP contribution in [0.1, 0.15) is 114 Å². The topological polar surface area (TPSA) is 69.7 Å². The lowest BCUT2D eigenvalue weighted by Gasteiger charge is -2.48. The fourth-order valence-corrected chi connectivity index (χ4v) is 5.95. The molecule has 0 saturated carbocycles. The average Bonchev–Trinajstić information content (AvgIpc) is 2.93. The second kappa shape index (κ2) is 16.1. The van der Waals surface area contributed by atoms with Crippen LogP contribution in [0.3, 0.4) is 0 Å². The van der Waals surface area contributed by atoms with Gasteiger partial charge in [0.05, 0.1) is 0 Å². The lowest BCUT2D eigenvalue weighted by Crippen LogP contribution is -2.64. The monoisotopic (exact) mass is 529 g/mol. The van der Waals surface area contributed by atoms with Crippen molar-refractivity contribution in [1.29, 1.82) is 0 Å². The zero-order valence-corrected chi connectivity index (χ0v) is 23.4. The molecule has 0 aliphatic carbocycles. The van der Waals surface area contributed by atoms with E-state index in [1.807, 2.05) is 0 Å². The lowest BCUT2D eigenvalue weighted by atomic mass is 9.83. The molecule has 2 amide bonds. The van der Waals surface area contributed by atoms with Crippen molar-refractivity contribution in [3.8, 4) is 0 Å². The number of benzene rings is 1. The first kappa shape index (κ1) is 30.4. The number of likely N-dealkylation sites (tertiary alicyclic amines) is 2. The van der Waals surface area contributed by atoms with Gasteiger partial charge in [-0.1, -0.05) is 51.9 Å². The van der Waals surface area contributed by atoms with E-state index >= 15 is 0 Å². The van der Waals surface area contributed by atoms with Crippen molar-refractivity contribution in [3.63, 3.8) is 0 Å². The highest BCUT2D eigenvalue weighted by atomic mass is 19.1. The third kappa shape index (κ3) is 9.26. The number of Topliss-reactive ketones (excluding diaryl/α,β-unsaturated/α-hetero) is 1. The maximum Gasteiger partial charge on any atom is 0.247 e. The summed E-state index contributed by atoms with van der Waals surface area (Å²) in [5.41, 5.74) is -0.0663. The number of amides is 2. The molecule has 6 nitrogen and oxygen atoms in total. The van der Waals surface area contributed by atoms with E-state index in [0.717, 1.165) is 71.2 Å². The summed E-state index contributed by atoms with van der Waals surface area (Å²) in [6, 6.07) is 5.73. The molecule has 0 atom stereocenters. The third-order valence-corrected chi connectivity index (χ3v) is 8.37. The molecule has 7 heteroatoms. The van der Waals surface area contributed by atoms with Crippen LogP contribution in [0.25, 0.3) is 0 Å². The summed E-state index contributed by atoms with van der Waals surface area (Å²) < 4.78 is 13.1. The lowest BCUT2D eigenvalue weighted by molar-refractivity contribution is -0.142. The standard InChI is InChI=1S/C31H48FN3O3/c1-2-3-4-5-6-7-9-14-29(37)33-30(38)31(35-22-10-8-11-23-35)19-24-34(25-20-31)21-12-13-28(36)26-15-17-27(32)18-16-26/h15-18H,2-14,19-25H2,1H3,(H,33,37,38). The van der Waals surface area contributed by atoms with Gasteiger partial charge in [0.15, 0.2) is 5.78 Å². The van der Waals surface area contributed by atoms with Crippen LogP contribution in [0.2, 0.25) is 0 Å². The molecule has 0 spiro atoms. The summed E-state index contributed by atoms with van der Waals surface area (Å²) in [5.74, 6) is -0.556. The van der Waals surface area contributed by atoms with Crippen LogP contribution in [0, 0.1) is 5.82 Å². The van der Waals surface area contributed by atoms with Gasteiger partial charge in [-0.3, -0.25) is 24.6 Å². The van der Waals surface area contributed by atoms with Crippen molar-refractivity contribution in [2.24, 2.45) is 0 Å². The second-order valence-electron chi connectivity index (χ2n) is 11.2. The summed E-state index contributed by atoms with van der Waals surface area (Å²) in [4.78, 5) is 43.3. The Bertz CT molecular complexity index is 875. The number of unbranched alkanes of at least 4 members (excludes halogenated alkanes) is 6. The van der Waals surface area contributed by atoms with Gasteiger partial charge in [0.2, 0.25) is 11.8 Å². The molecule has 212 valence electrons. The molecule has 0 aromatic heterocycles. The first-order valence-corrected chi connectivity index (χ1v) is 15.0. The number of hydrogen-bond donors (Lipinski definition) is 1. The van der Waals surface area contributed by atoms with Gasteiger partial charge in [-0.2, -0.15) is 0 Å². The molecule has 0 unspecified atom stereocenters. The van der Waals surface area contributed by atoms with Gasteiger partial charge >= 0.3 is 0 Å². The highest BCUT2D eigenvalue weighted by molar-refractivity contribution is 6.00. The van der Waals surface area contributed by atoms with Gasteiger partial charge in [0.1, 0.15) is 11.4 Å². The van der Waals surface area contributed by atoms with E-state index in [1.165, 1.54) is 44.2 Å². The predicted molar refractivity (Wildman–Crippen MR) is 150 cm³/mol. The first-order valence-electron chi connectivity index (χ1n) is 15.0. The molecule has 2 aliphatic rings. The Balaban J connectivity index is 1.46. The van der Waals surface area contributed by atoms with Crippen LogP contribution >= 0.6 is 0 Å².